The average Bonchev–Trinajstić information content (AvgIpc) is 2.29. The van der Waals surface area contributed by atoms with Gasteiger partial charge in [-0.15, -0.1) is 0 Å². The molecule has 3 heteroatoms. The zero-order valence-electron chi connectivity index (χ0n) is 11.1. The van der Waals surface area contributed by atoms with Gasteiger partial charge < -0.3 is 15.2 Å². The molecule has 1 rings (SSSR count). The van der Waals surface area contributed by atoms with Crippen LogP contribution in [0.25, 0.3) is 0 Å². The van der Waals surface area contributed by atoms with Gasteiger partial charge in [-0.3, -0.25) is 0 Å². The Bertz CT molecular complexity index is 210. The van der Waals surface area contributed by atoms with Crippen LogP contribution in [0.15, 0.2) is 0 Å². The minimum Gasteiger partial charge on any atom is -0.393 e. The van der Waals surface area contributed by atoms with Crippen LogP contribution < -0.4 is 5.32 Å². The molecule has 0 amide bonds. The number of nitrogens with one attached hydrogen (secondary N) is 1. The lowest BCUT2D eigenvalue weighted by molar-refractivity contribution is -0.00468. The van der Waals surface area contributed by atoms with Crippen LogP contribution in [0.5, 0.6) is 0 Å². The molecule has 0 aromatic carbocycles. The molecular formula is C13H27NO2. The summed E-state index contributed by atoms with van der Waals surface area (Å²) >= 11 is 0. The summed E-state index contributed by atoms with van der Waals surface area (Å²) in [5, 5.41) is 13.6. The largest absolute Gasteiger partial charge is 0.393 e. The van der Waals surface area contributed by atoms with Crippen LogP contribution in [0.2, 0.25) is 0 Å². The van der Waals surface area contributed by atoms with Gasteiger partial charge in [-0.05, 0) is 26.7 Å². The minimum absolute atomic E-state index is 0.0416. The second-order valence-corrected chi connectivity index (χ2v) is 5.53. The van der Waals surface area contributed by atoms with Crippen molar-refractivity contribution in [2.75, 3.05) is 13.7 Å². The van der Waals surface area contributed by atoms with E-state index in [-0.39, 0.29) is 17.6 Å². The third-order valence-electron chi connectivity index (χ3n) is 4.18. The molecule has 0 aromatic heterocycles. The molecule has 0 saturated heterocycles. The van der Waals surface area contributed by atoms with Gasteiger partial charge in [0.25, 0.3) is 0 Å². The lowest BCUT2D eigenvalue weighted by Gasteiger charge is -2.39. The quantitative estimate of drug-likeness (QED) is 0.757. The summed E-state index contributed by atoms with van der Waals surface area (Å²) in [4.78, 5) is 0. The van der Waals surface area contributed by atoms with E-state index in [1.165, 1.54) is 12.8 Å². The molecule has 1 aliphatic carbocycles. The van der Waals surface area contributed by atoms with Crippen LogP contribution >= 0.6 is 0 Å². The molecule has 1 saturated carbocycles. The number of rotatable bonds is 5. The molecule has 0 aliphatic heterocycles. The van der Waals surface area contributed by atoms with E-state index in [9.17, 15) is 5.11 Å². The summed E-state index contributed by atoms with van der Waals surface area (Å²) in [5.74, 6) is 0. The molecule has 0 heterocycles. The molecule has 2 N–H and O–H groups in total. The molecule has 3 nitrogen and oxygen atoms in total. The highest BCUT2D eigenvalue weighted by atomic mass is 16.5. The van der Waals surface area contributed by atoms with E-state index in [0.29, 0.717) is 6.04 Å². The maximum atomic E-state index is 10.1. The SMILES string of the molecule is COC(C)C(C)NCC1(C)CCCCC1O. The van der Waals surface area contributed by atoms with E-state index < -0.39 is 0 Å². The van der Waals surface area contributed by atoms with Crippen LogP contribution in [0.4, 0.5) is 0 Å². The number of methoxy groups -OCH3 is 1. The van der Waals surface area contributed by atoms with Crippen LogP contribution in [-0.2, 0) is 4.74 Å². The number of hydrogen-bond donors (Lipinski definition) is 2. The van der Waals surface area contributed by atoms with E-state index in [1.807, 2.05) is 0 Å². The molecule has 96 valence electrons. The third kappa shape index (κ3) is 3.44. The lowest BCUT2D eigenvalue weighted by Crippen LogP contribution is -2.48. The van der Waals surface area contributed by atoms with Crippen molar-refractivity contribution in [2.24, 2.45) is 5.41 Å². The third-order valence-corrected chi connectivity index (χ3v) is 4.18. The first-order chi connectivity index (χ1) is 7.49. The molecule has 1 aliphatic rings. The van der Waals surface area contributed by atoms with Gasteiger partial charge >= 0.3 is 0 Å². The van der Waals surface area contributed by atoms with Crippen molar-refractivity contribution >= 4 is 0 Å². The van der Waals surface area contributed by atoms with Gasteiger partial charge in [0.15, 0.2) is 0 Å². The van der Waals surface area contributed by atoms with Crippen molar-refractivity contribution in [3.63, 3.8) is 0 Å². The molecule has 0 spiro atoms. The molecule has 0 radical (unpaired) electrons. The minimum atomic E-state index is -0.154. The topological polar surface area (TPSA) is 41.5 Å². The van der Waals surface area contributed by atoms with Gasteiger partial charge in [0.2, 0.25) is 0 Å². The maximum Gasteiger partial charge on any atom is 0.0693 e. The highest BCUT2D eigenvalue weighted by molar-refractivity contribution is 4.89. The van der Waals surface area contributed by atoms with Crippen molar-refractivity contribution in [1.29, 1.82) is 0 Å². The summed E-state index contributed by atoms with van der Waals surface area (Å²) in [6.45, 7) is 7.26. The van der Waals surface area contributed by atoms with E-state index >= 15 is 0 Å². The van der Waals surface area contributed by atoms with Gasteiger partial charge in [-0.2, -0.15) is 0 Å². The number of hydrogen-bond acceptors (Lipinski definition) is 3. The van der Waals surface area contributed by atoms with Gasteiger partial charge in [-0.25, -0.2) is 0 Å². The first-order valence-corrected chi connectivity index (χ1v) is 6.44. The van der Waals surface area contributed by atoms with Gasteiger partial charge in [-0.1, -0.05) is 19.8 Å². The number of aliphatic hydroxyl groups excluding tert-OH is 1. The van der Waals surface area contributed by atoms with Crippen LogP contribution in [0, 0.1) is 5.41 Å². The Hall–Kier alpha value is -0.120. The summed E-state index contributed by atoms with van der Waals surface area (Å²) in [6, 6.07) is 0.330. The highest BCUT2D eigenvalue weighted by Crippen LogP contribution is 2.35. The van der Waals surface area contributed by atoms with E-state index in [4.69, 9.17) is 4.74 Å². The molecule has 4 atom stereocenters. The van der Waals surface area contributed by atoms with Crippen molar-refractivity contribution < 1.29 is 9.84 Å². The Morgan fingerprint density at radius 3 is 2.69 bits per heavy atom. The summed E-state index contributed by atoms with van der Waals surface area (Å²) in [7, 11) is 1.74. The number of ether oxygens (including phenoxy) is 1. The fourth-order valence-corrected chi connectivity index (χ4v) is 2.35. The first-order valence-electron chi connectivity index (χ1n) is 6.44. The predicted molar refractivity (Wildman–Crippen MR) is 66.5 cm³/mol. The van der Waals surface area contributed by atoms with Crippen molar-refractivity contribution in [2.45, 2.75) is 64.7 Å². The smallest absolute Gasteiger partial charge is 0.0693 e. The van der Waals surface area contributed by atoms with E-state index in [0.717, 1.165) is 19.4 Å². The van der Waals surface area contributed by atoms with Gasteiger partial charge in [0, 0.05) is 25.1 Å². The van der Waals surface area contributed by atoms with E-state index in [2.05, 4.69) is 26.1 Å². The zero-order chi connectivity index (χ0) is 12.2. The normalized spacial score (nSPS) is 34.7. The Labute approximate surface area is 99.6 Å². The molecule has 1 fully saturated rings. The lowest BCUT2D eigenvalue weighted by atomic mass is 9.73. The second kappa shape index (κ2) is 5.99. The van der Waals surface area contributed by atoms with Crippen molar-refractivity contribution in [3.05, 3.63) is 0 Å². The van der Waals surface area contributed by atoms with Crippen molar-refractivity contribution in [3.8, 4) is 0 Å². The monoisotopic (exact) mass is 229 g/mol. The van der Waals surface area contributed by atoms with Crippen LogP contribution in [0.1, 0.15) is 46.5 Å². The zero-order valence-corrected chi connectivity index (χ0v) is 11.1. The summed E-state index contributed by atoms with van der Waals surface area (Å²) in [6.07, 6.45) is 4.54. The summed E-state index contributed by atoms with van der Waals surface area (Å²) < 4.78 is 5.29. The first kappa shape index (κ1) is 13.9. The Morgan fingerprint density at radius 1 is 1.44 bits per heavy atom. The average molecular weight is 229 g/mol. The maximum absolute atomic E-state index is 10.1. The summed E-state index contributed by atoms with van der Waals surface area (Å²) in [5.41, 5.74) is 0.0416. The second-order valence-electron chi connectivity index (χ2n) is 5.53. The molecule has 0 bridgehead atoms. The molecule has 4 unspecified atom stereocenters. The fourth-order valence-electron chi connectivity index (χ4n) is 2.35. The molecule has 0 aromatic rings. The Balaban J connectivity index is 2.40. The van der Waals surface area contributed by atoms with Gasteiger partial charge in [0.1, 0.15) is 0 Å². The van der Waals surface area contributed by atoms with Crippen LogP contribution in [-0.4, -0.2) is 37.0 Å². The number of aliphatic hydroxyl groups is 1. The van der Waals surface area contributed by atoms with Crippen molar-refractivity contribution in [1.82, 2.24) is 5.32 Å². The standard InChI is InChI=1S/C13H27NO2/c1-10(11(2)16-4)14-9-13(3)8-6-5-7-12(13)15/h10-12,14-15H,5-9H2,1-4H3. The molecule has 16 heavy (non-hydrogen) atoms. The van der Waals surface area contributed by atoms with E-state index in [1.54, 1.807) is 7.11 Å². The molecular weight excluding hydrogens is 202 g/mol. The van der Waals surface area contributed by atoms with Crippen LogP contribution in [0.3, 0.4) is 0 Å². The Kier molecular flexibility index (Phi) is 5.22. The predicted octanol–water partition coefficient (Wildman–Crippen LogP) is 1.94. The van der Waals surface area contributed by atoms with Gasteiger partial charge in [0.05, 0.1) is 12.2 Å². The Morgan fingerprint density at radius 2 is 2.12 bits per heavy atom. The highest BCUT2D eigenvalue weighted by Gasteiger charge is 2.35. The fraction of sp³-hybridized carbons (Fsp3) is 1.00.